The van der Waals surface area contributed by atoms with Crippen LogP contribution >= 0.6 is 23.2 Å². The van der Waals surface area contributed by atoms with Gasteiger partial charge < -0.3 is 4.42 Å². The molecule has 0 unspecified atom stereocenters. The molecule has 2 heterocycles. The third-order valence-electron chi connectivity index (χ3n) is 2.85. The summed E-state index contributed by atoms with van der Waals surface area (Å²) in [5.41, 5.74) is 1.20. The van der Waals surface area contributed by atoms with Crippen molar-refractivity contribution in [2.45, 2.75) is 11.8 Å². The van der Waals surface area contributed by atoms with Crippen molar-refractivity contribution in [3.05, 3.63) is 46.5 Å². The molecule has 0 spiro atoms. The van der Waals surface area contributed by atoms with Gasteiger partial charge in [0, 0.05) is 13.1 Å². The highest BCUT2D eigenvalue weighted by Crippen LogP contribution is 2.28. The van der Waals surface area contributed by atoms with E-state index < -0.39 is 10.0 Å². The fourth-order valence-corrected chi connectivity index (χ4v) is 3.26. The van der Waals surface area contributed by atoms with Crippen molar-refractivity contribution >= 4 is 50.0 Å². The molecular weight excluding hydrogens is 349 g/mol. The van der Waals surface area contributed by atoms with E-state index in [4.69, 9.17) is 27.6 Å². The molecule has 0 saturated carbocycles. The number of anilines is 1. The van der Waals surface area contributed by atoms with Gasteiger partial charge in [0.1, 0.15) is 15.6 Å². The zero-order chi connectivity index (χ0) is 15.9. The number of rotatable bonds is 3. The normalized spacial score (nSPS) is 11.8. The monoisotopic (exact) mass is 357 g/mol. The van der Waals surface area contributed by atoms with Gasteiger partial charge in [-0.15, -0.1) is 0 Å². The van der Waals surface area contributed by atoms with Gasteiger partial charge in [-0.25, -0.2) is 18.4 Å². The highest BCUT2D eigenvalue weighted by molar-refractivity contribution is 7.92. The van der Waals surface area contributed by atoms with E-state index >= 15 is 0 Å². The van der Waals surface area contributed by atoms with Crippen molar-refractivity contribution in [1.29, 1.82) is 0 Å². The Hall–Kier alpha value is -1.83. The van der Waals surface area contributed by atoms with Gasteiger partial charge in [0.15, 0.2) is 11.5 Å². The fourth-order valence-electron chi connectivity index (χ4n) is 1.89. The first kappa shape index (κ1) is 15.1. The second-order valence-corrected chi connectivity index (χ2v) is 6.88. The summed E-state index contributed by atoms with van der Waals surface area (Å²) < 4.78 is 32.7. The van der Waals surface area contributed by atoms with Crippen LogP contribution in [-0.4, -0.2) is 18.4 Å². The summed E-state index contributed by atoms with van der Waals surface area (Å²) in [6, 6.07) is 6.21. The quantitative estimate of drug-likeness (QED) is 0.723. The standard InChI is InChI=1S/C13H9Cl2N3O3S/c1-7-17-10-3-2-4-11(12(10)21-7)18-22(19,20)8-5-9(14)13(15)16-6-8/h2-6,18H,1H3. The minimum Gasteiger partial charge on any atom is -0.439 e. The number of nitrogens with zero attached hydrogens (tertiary/aromatic N) is 2. The van der Waals surface area contributed by atoms with Crippen LogP contribution in [0.5, 0.6) is 0 Å². The molecule has 0 fully saturated rings. The third-order valence-corrected chi connectivity index (χ3v) is 4.87. The molecule has 0 amide bonds. The summed E-state index contributed by atoms with van der Waals surface area (Å²) in [5.74, 6) is 0.442. The molecule has 3 aromatic rings. The van der Waals surface area contributed by atoms with E-state index in [2.05, 4.69) is 14.7 Å². The predicted molar refractivity (Wildman–Crippen MR) is 83.8 cm³/mol. The molecule has 3 rings (SSSR count). The van der Waals surface area contributed by atoms with Crippen molar-refractivity contribution in [3.63, 3.8) is 0 Å². The summed E-state index contributed by atoms with van der Waals surface area (Å²) in [6.45, 7) is 1.68. The van der Waals surface area contributed by atoms with Crippen LogP contribution in [0.3, 0.4) is 0 Å². The number of pyridine rings is 1. The van der Waals surface area contributed by atoms with E-state index in [0.29, 0.717) is 17.0 Å². The topological polar surface area (TPSA) is 85.1 Å². The Morgan fingerprint density at radius 1 is 1.27 bits per heavy atom. The molecule has 0 bridgehead atoms. The minimum absolute atomic E-state index is 0.0357. The van der Waals surface area contributed by atoms with Crippen LogP contribution in [0.2, 0.25) is 10.2 Å². The smallest absolute Gasteiger partial charge is 0.263 e. The van der Waals surface area contributed by atoms with Crippen LogP contribution < -0.4 is 4.72 Å². The predicted octanol–water partition coefficient (Wildman–Crippen LogP) is 3.64. The Balaban J connectivity index is 2.04. The number of nitrogens with one attached hydrogen (secondary N) is 1. The highest BCUT2D eigenvalue weighted by atomic mass is 35.5. The number of hydrogen-bond acceptors (Lipinski definition) is 5. The molecule has 114 valence electrons. The van der Waals surface area contributed by atoms with Crippen LogP contribution in [0.1, 0.15) is 5.89 Å². The summed E-state index contributed by atoms with van der Waals surface area (Å²) in [4.78, 5) is 7.78. The molecule has 9 heteroatoms. The lowest BCUT2D eigenvalue weighted by molar-refractivity contribution is 0.561. The van der Waals surface area contributed by atoms with E-state index in [1.54, 1.807) is 25.1 Å². The van der Waals surface area contributed by atoms with Gasteiger partial charge in [0.25, 0.3) is 10.0 Å². The number of aromatic nitrogens is 2. The largest absolute Gasteiger partial charge is 0.439 e. The number of benzene rings is 1. The molecule has 0 aliphatic rings. The number of aryl methyl sites for hydroxylation is 1. The van der Waals surface area contributed by atoms with Gasteiger partial charge in [-0.1, -0.05) is 29.3 Å². The second kappa shape index (κ2) is 5.42. The summed E-state index contributed by atoms with van der Waals surface area (Å²) >= 11 is 11.5. The molecule has 1 aromatic carbocycles. The number of para-hydroxylation sites is 1. The number of halogens is 2. The number of hydrogen-bond donors (Lipinski definition) is 1. The lowest BCUT2D eigenvalue weighted by Gasteiger charge is -2.08. The van der Waals surface area contributed by atoms with Gasteiger partial charge in [-0.05, 0) is 18.2 Å². The Labute approximate surface area is 136 Å². The van der Waals surface area contributed by atoms with Crippen LogP contribution in [0.4, 0.5) is 5.69 Å². The van der Waals surface area contributed by atoms with Crippen molar-refractivity contribution in [2.24, 2.45) is 0 Å². The van der Waals surface area contributed by atoms with Gasteiger partial charge in [-0.2, -0.15) is 0 Å². The lowest BCUT2D eigenvalue weighted by Crippen LogP contribution is -2.13. The van der Waals surface area contributed by atoms with Gasteiger partial charge in [0.2, 0.25) is 0 Å². The van der Waals surface area contributed by atoms with Crippen molar-refractivity contribution in [1.82, 2.24) is 9.97 Å². The minimum atomic E-state index is -3.88. The van der Waals surface area contributed by atoms with Crippen LogP contribution in [0.15, 0.2) is 39.8 Å². The Morgan fingerprint density at radius 2 is 2.05 bits per heavy atom. The third kappa shape index (κ3) is 2.75. The second-order valence-electron chi connectivity index (χ2n) is 4.44. The average Bonchev–Trinajstić information content (AvgIpc) is 2.83. The number of oxazole rings is 1. The zero-order valence-corrected chi connectivity index (χ0v) is 13.5. The zero-order valence-electron chi connectivity index (χ0n) is 11.2. The van der Waals surface area contributed by atoms with E-state index in [0.717, 1.165) is 6.20 Å². The van der Waals surface area contributed by atoms with E-state index in [-0.39, 0.29) is 20.8 Å². The molecule has 22 heavy (non-hydrogen) atoms. The van der Waals surface area contributed by atoms with E-state index in [9.17, 15) is 8.42 Å². The maximum atomic E-state index is 12.4. The first-order valence-electron chi connectivity index (χ1n) is 6.07. The molecule has 0 aliphatic carbocycles. The molecule has 6 nitrogen and oxygen atoms in total. The van der Waals surface area contributed by atoms with Crippen LogP contribution in [0.25, 0.3) is 11.1 Å². The van der Waals surface area contributed by atoms with Crippen LogP contribution in [0, 0.1) is 6.92 Å². The molecule has 0 saturated heterocycles. The summed E-state index contributed by atoms with van der Waals surface area (Å²) in [7, 11) is -3.88. The fraction of sp³-hybridized carbons (Fsp3) is 0.0769. The van der Waals surface area contributed by atoms with E-state index in [1.807, 2.05) is 0 Å². The molecule has 1 N–H and O–H groups in total. The Kier molecular flexibility index (Phi) is 3.72. The number of sulfonamides is 1. The summed E-state index contributed by atoms with van der Waals surface area (Å²) in [5, 5.41) is 0.0897. The summed E-state index contributed by atoms with van der Waals surface area (Å²) in [6.07, 6.45) is 1.13. The molecule has 0 atom stereocenters. The maximum Gasteiger partial charge on any atom is 0.263 e. The molecule has 2 aromatic heterocycles. The van der Waals surface area contributed by atoms with Gasteiger partial charge in [-0.3, -0.25) is 4.72 Å². The lowest BCUT2D eigenvalue weighted by atomic mass is 10.3. The number of fused-ring (bicyclic) bond motifs is 1. The van der Waals surface area contributed by atoms with Gasteiger partial charge >= 0.3 is 0 Å². The maximum absolute atomic E-state index is 12.4. The van der Waals surface area contributed by atoms with Crippen molar-refractivity contribution in [2.75, 3.05) is 4.72 Å². The van der Waals surface area contributed by atoms with Gasteiger partial charge in [0.05, 0.1) is 10.7 Å². The molecular formula is C13H9Cl2N3O3S. The first-order chi connectivity index (χ1) is 10.4. The Morgan fingerprint density at radius 3 is 2.77 bits per heavy atom. The Bertz CT molecular complexity index is 970. The van der Waals surface area contributed by atoms with E-state index in [1.165, 1.54) is 6.07 Å². The van der Waals surface area contributed by atoms with Crippen LogP contribution in [-0.2, 0) is 10.0 Å². The average molecular weight is 358 g/mol. The van der Waals surface area contributed by atoms with Crippen molar-refractivity contribution in [3.8, 4) is 0 Å². The van der Waals surface area contributed by atoms with Crippen molar-refractivity contribution < 1.29 is 12.8 Å². The molecule has 0 aliphatic heterocycles. The molecule has 0 radical (unpaired) electrons. The SMILES string of the molecule is Cc1nc2cccc(NS(=O)(=O)c3cnc(Cl)c(Cl)c3)c2o1. The highest BCUT2D eigenvalue weighted by Gasteiger charge is 2.19. The first-order valence-corrected chi connectivity index (χ1v) is 8.31.